The minimum absolute atomic E-state index is 0.0877. The standard InChI is InChI=1S/C32H37N5O5S2/c1-32(2,3)42-30(39)35-25(16-23-10-6-4-7-11-23)18-28(41-31(43)37-15-14-33-21-37)27(17-24-12-8-5-9-13-24)36-29(38)40-20-26-19-34-22-44-26/h4-15,19,21-22,25,27-28H,16-18,20H2,1-3H3,(H,35,39)(H,36,38)/t25-,27-,28-/m0/s1. The van der Waals surface area contributed by atoms with Gasteiger partial charge in [0.1, 0.15) is 24.6 Å². The average Bonchev–Trinajstić information content (AvgIpc) is 3.71. The van der Waals surface area contributed by atoms with E-state index >= 15 is 0 Å². The molecule has 2 heterocycles. The van der Waals surface area contributed by atoms with Crippen LogP contribution in [-0.4, -0.2) is 55.7 Å². The molecule has 2 aromatic heterocycles. The highest BCUT2D eigenvalue weighted by Crippen LogP contribution is 2.19. The second-order valence-electron chi connectivity index (χ2n) is 11.1. The molecule has 0 saturated carbocycles. The fourth-order valence-electron chi connectivity index (χ4n) is 4.49. The number of imidazole rings is 1. The highest BCUT2D eigenvalue weighted by molar-refractivity contribution is 7.80. The van der Waals surface area contributed by atoms with Crippen LogP contribution in [0, 0.1) is 0 Å². The average molecular weight is 636 g/mol. The maximum Gasteiger partial charge on any atom is 0.407 e. The molecule has 0 spiro atoms. The van der Waals surface area contributed by atoms with Crippen molar-refractivity contribution in [1.29, 1.82) is 0 Å². The number of rotatable bonds is 12. The molecular weight excluding hydrogens is 599 g/mol. The second kappa shape index (κ2) is 16.0. The fraction of sp³-hybridized carbons (Fsp3) is 0.344. The molecule has 0 aliphatic carbocycles. The summed E-state index contributed by atoms with van der Waals surface area (Å²) in [5.74, 6) is 0. The van der Waals surface area contributed by atoms with Crippen LogP contribution in [0.15, 0.2) is 91.1 Å². The first-order valence-electron chi connectivity index (χ1n) is 14.2. The number of nitrogens with one attached hydrogen (secondary N) is 2. The molecule has 0 saturated heterocycles. The van der Waals surface area contributed by atoms with E-state index in [-0.39, 0.29) is 18.2 Å². The summed E-state index contributed by atoms with van der Waals surface area (Å²) in [5.41, 5.74) is 2.99. The van der Waals surface area contributed by atoms with Crippen LogP contribution in [0.2, 0.25) is 0 Å². The number of ether oxygens (including phenoxy) is 3. The third-order valence-corrected chi connectivity index (χ3v) is 7.47. The Balaban J connectivity index is 1.63. The molecule has 0 aliphatic rings. The van der Waals surface area contributed by atoms with Crippen LogP contribution in [-0.2, 0) is 33.7 Å². The summed E-state index contributed by atoms with van der Waals surface area (Å²) in [6, 6.07) is 18.5. The number of aromatic nitrogens is 3. The Labute approximate surface area is 266 Å². The van der Waals surface area contributed by atoms with Crippen molar-refractivity contribution in [2.24, 2.45) is 0 Å². The first-order chi connectivity index (χ1) is 21.1. The molecule has 2 amide bonds. The van der Waals surface area contributed by atoms with Gasteiger partial charge in [-0.15, -0.1) is 11.3 Å². The van der Waals surface area contributed by atoms with E-state index < -0.39 is 36.0 Å². The molecule has 4 rings (SSSR count). The Morgan fingerprint density at radius 3 is 2.23 bits per heavy atom. The largest absolute Gasteiger partial charge is 0.465 e. The Morgan fingerprint density at radius 1 is 0.955 bits per heavy atom. The zero-order valence-electron chi connectivity index (χ0n) is 24.9. The zero-order chi connectivity index (χ0) is 31.4. The highest BCUT2D eigenvalue weighted by atomic mass is 32.1. The topological polar surface area (TPSA) is 117 Å². The predicted octanol–water partition coefficient (Wildman–Crippen LogP) is 5.92. The van der Waals surface area contributed by atoms with Gasteiger partial charge in [-0.05, 0) is 57.0 Å². The van der Waals surface area contributed by atoms with Crippen molar-refractivity contribution in [1.82, 2.24) is 25.2 Å². The molecule has 232 valence electrons. The quantitative estimate of drug-likeness (QED) is 0.184. The Bertz CT molecular complexity index is 1450. The van der Waals surface area contributed by atoms with Gasteiger partial charge in [-0.25, -0.2) is 14.6 Å². The van der Waals surface area contributed by atoms with E-state index in [1.807, 2.05) is 81.4 Å². The minimum Gasteiger partial charge on any atom is -0.465 e. The summed E-state index contributed by atoms with van der Waals surface area (Å²) in [6.45, 7) is 5.52. The predicted molar refractivity (Wildman–Crippen MR) is 172 cm³/mol. The van der Waals surface area contributed by atoms with Crippen molar-refractivity contribution in [3.63, 3.8) is 0 Å². The van der Waals surface area contributed by atoms with Gasteiger partial charge in [0.2, 0.25) is 0 Å². The molecule has 44 heavy (non-hydrogen) atoms. The fourth-order valence-corrected chi connectivity index (χ4v) is 5.22. The van der Waals surface area contributed by atoms with Gasteiger partial charge in [0, 0.05) is 31.1 Å². The molecule has 4 aromatic rings. The summed E-state index contributed by atoms with van der Waals surface area (Å²) >= 11 is 7.03. The normalized spacial score (nSPS) is 13.2. The van der Waals surface area contributed by atoms with Crippen molar-refractivity contribution in [3.8, 4) is 0 Å². The molecule has 10 nitrogen and oxygen atoms in total. The van der Waals surface area contributed by atoms with Crippen molar-refractivity contribution in [3.05, 3.63) is 107 Å². The van der Waals surface area contributed by atoms with Crippen LogP contribution < -0.4 is 10.6 Å². The Kier molecular flexibility index (Phi) is 11.8. The van der Waals surface area contributed by atoms with Gasteiger partial charge < -0.3 is 24.8 Å². The molecule has 0 unspecified atom stereocenters. The maximum absolute atomic E-state index is 13.1. The molecule has 12 heteroatoms. The van der Waals surface area contributed by atoms with Gasteiger partial charge in [-0.1, -0.05) is 60.7 Å². The van der Waals surface area contributed by atoms with E-state index in [1.54, 1.807) is 35.0 Å². The molecule has 2 N–H and O–H groups in total. The van der Waals surface area contributed by atoms with Crippen LogP contribution in [0.5, 0.6) is 0 Å². The summed E-state index contributed by atoms with van der Waals surface area (Å²) in [5, 5.41) is 6.19. The minimum atomic E-state index is -0.690. The summed E-state index contributed by atoms with van der Waals surface area (Å²) in [7, 11) is 0. The van der Waals surface area contributed by atoms with Crippen molar-refractivity contribution in [2.45, 2.75) is 70.4 Å². The van der Waals surface area contributed by atoms with Crippen molar-refractivity contribution >= 4 is 40.9 Å². The van der Waals surface area contributed by atoms with Gasteiger partial charge >= 0.3 is 12.2 Å². The Hall–Kier alpha value is -4.29. The molecule has 2 aromatic carbocycles. The number of hydrogen-bond donors (Lipinski definition) is 2. The van der Waals surface area contributed by atoms with Crippen LogP contribution in [0.3, 0.4) is 0 Å². The molecule has 0 bridgehead atoms. The first kappa shape index (κ1) is 32.6. The number of thiazole rings is 1. The van der Waals surface area contributed by atoms with Crippen LogP contribution in [0.4, 0.5) is 9.59 Å². The van der Waals surface area contributed by atoms with E-state index in [9.17, 15) is 9.59 Å². The lowest BCUT2D eigenvalue weighted by Gasteiger charge is -2.32. The van der Waals surface area contributed by atoms with E-state index in [2.05, 4.69) is 20.6 Å². The van der Waals surface area contributed by atoms with Crippen LogP contribution in [0.1, 0.15) is 43.2 Å². The van der Waals surface area contributed by atoms with Gasteiger partial charge in [0.25, 0.3) is 5.17 Å². The van der Waals surface area contributed by atoms with Gasteiger partial charge in [0.15, 0.2) is 0 Å². The third-order valence-electron chi connectivity index (χ3n) is 6.41. The van der Waals surface area contributed by atoms with Gasteiger partial charge in [0.05, 0.1) is 16.4 Å². The number of nitrogens with zero attached hydrogens (tertiary/aromatic N) is 3. The first-order valence-corrected chi connectivity index (χ1v) is 15.5. The van der Waals surface area contributed by atoms with E-state index in [0.29, 0.717) is 12.8 Å². The summed E-state index contributed by atoms with van der Waals surface area (Å²) < 4.78 is 19.1. The van der Waals surface area contributed by atoms with Gasteiger partial charge in [-0.2, -0.15) is 0 Å². The molecule has 0 radical (unpaired) electrons. The number of amides is 2. The highest BCUT2D eigenvalue weighted by Gasteiger charge is 2.32. The number of benzene rings is 2. The van der Waals surface area contributed by atoms with Crippen LogP contribution >= 0.6 is 23.6 Å². The monoisotopic (exact) mass is 635 g/mol. The molecule has 0 aliphatic heterocycles. The maximum atomic E-state index is 13.1. The number of carbonyl (C=O) groups excluding carboxylic acids is 2. The molecule has 3 atom stereocenters. The SMILES string of the molecule is CC(C)(C)OC(=O)N[C@@H](Cc1ccccc1)C[C@H](OC(=S)n1ccnc1)[C@H](Cc1ccccc1)NC(=O)OCc1cncs1. The number of carbonyl (C=O) groups is 2. The zero-order valence-corrected chi connectivity index (χ0v) is 26.6. The molecule has 0 fully saturated rings. The number of alkyl carbamates (subject to hydrolysis) is 2. The summed E-state index contributed by atoms with van der Waals surface area (Å²) in [4.78, 5) is 35.0. The van der Waals surface area contributed by atoms with Crippen molar-refractivity contribution < 1.29 is 23.8 Å². The van der Waals surface area contributed by atoms with E-state index in [4.69, 9.17) is 26.4 Å². The summed E-state index contributed by atoms with van der Waals surface area (Å²) in [6.07, 6.45) is 5.83. The van der Waals surface area contributed by atoms with E-state index in [1.165, 1.54) is 11.3 Å². The molecular formula is C32H37N5O5S2. The van der Waals surface area contributed by atoms with Gasteiger partial charge in [-0.3, -0.25) is 9.55 Å². The lowest BCUT2D eigenvalue weighted by molar-refractivity contribution is 0.0470. The number of thiocarbonyl (C=S) groups is 1. The number of hydrogen-bond acceptors (Lipinski definition) is 9. The third kappa shape index (κ3) is 11.1. The Morgan fingerprint density at radius 2 is 1.64 bits per heavy atom. The lowest BCUT2D eigenvalue weighted by Crippen LogP contribution is -2.51. The second-order valence-corrected chi connectivity index (χ2v) is 12.5. The van der Waals surface area contributed by atoms with E-state index in [0.717, 1.165) is 16.0 Å². The smallest absolute Gasteiger partial charge is 0.407 e. The van der Waals surface area contributed by atoms with Crippen LogP contribution in [0.25, 0.3) is 0 Å². The van der Waals surface area contributed by atoms with Crippen molar-refractivity contribution in [2.75, 3.05) is 0 Å². The lowest BCUT2D eigenvalue weighted by atomic mass is 9.93.